The summed E-state index contributed by atoms with van der Waals surface area (Å²) in [5, 5.41) is 23.8. The van der Waals surface area contributed by atoms with Crippen LogP contribution in [0.15, 0.2) is 54.6 Å². The number of phenolic OH excluding ortho intramolecular Hbond substituents is 1. The predicted molar refractivity (Wildman–Crippen MR) is 233 cm³/mol. The van der Waals surface area contributed by atoms with Gasteiger partial charge < -0.3 is 46.2 Å². The van der Waals surface area contributed by atoms with E-state index in [1.165, 1.54) is 34.4 Å². The molecule has 6 N–H and O–H groups in total. The summed E-state index contributed by atoms with van der Waals surface area (Å²) in [6, 6.07) is 11.5. The summed E-state index contributed by atoms with van der Waals surface area (Å²) >= 11 is 0. The molecule has 0 radical (unpaired) electrons. The monoisotopic (exact) mass is 862 g/mol. The van der Waals surface area contributed by atoms with Crippen molar-refractivity contribution in [3.8, 4) is 5.75 Å². The van der Waals surface area contributed by atoms with E-state index in [9.17, 15) is 38.7 Å². The molecule has 340 valence electrons. The molecule has 2 aliphatic rings. The lowest BCUT2D eigenvalue weighted by molar-refractivity contribution is -0.144. The Kier molecular flexibility index (Phi) is 18.6. The number of nitrogens with one attached hydrogen (secondary N) is 5. The van der Waals surface area contributed by atoms with Gasteiger partial charge in [0.05, 0.1) is 0 Å². The lowest BCUT2D eigenvalue weighted by Gasteiger charge is -2.32. The van der Waals surface area contributed by atoms with Crippen molar-refractivity contribution in [1.82, 2.24) is 36.4 Å². The maximum Gasteiger partial charge on any atom is 0.407 e. The first-order chi connectivity index (χ1) is 29.4. The van der Waals surface area contributed by atoms with Gasteiger partial charge in [-0.15, -0.1) is 0 Å². The maximum absolute atomic E-state index is 14.3. The van der Waals surface area contributed by atoms with Crippen LogP contribution in [-0.2, 0) is 46.3 Å². The largest absolute Gasteiger partial charge is 0.508 e. The molecule has 0 spiro atoms. The number of phenols is 1. The molecule has 0 bridgehead atoms. The van der Waals surface area contributed by atoms with E-state index in [0.717, 1.165) is 12.8 Å². The van der Waals surface area contributed by atoms with Crippen LogP contribution in [0.4, 0.5) is 4.79 Å². The average molecular weight is 862 g/mol. The maximum atomic E-state index is 14.3. The number of hydrogen-bond donors (Lipinski definition) is 6. The first-order valence-electron chi connectivity index (χ1n) is 22.0. The molecule has 0 saturated carbocycles. The Morgan fingerprint density at radius 3 is 1.92 bits per heavy atom. The Balaban J connectivity index is 1.47. The molecule has 16 nitrogen and oxygen atoms in total. The Bertz CT molecular complexity index is 1830. The highest BCUT2D eigenvalue weighted by molar-refractivity contribution is 5.97. The quantitative estimate of drug-likeness (QED) is 0.107. The highest BCUT2D eigenvalue weighted by atomic mass is 16.6. The van der Waals surface area contributed by atoms with Crippen molar-refractivity contribution in [1.29, 1.82) is 0 Å². The van der Waals surface area contributed by atoms with Crippen LogP contribution in [0.25, 0.3) is 0 Å². The van der Waals surface area contributed by atoms with Crippen LogP contribution in [0.1, 0.15) is 104 Å². The molecule has 5 atom stereocenters. The number of aryl methyl sites for hydroxylation is 1. The smallest absolute Gasteiger partial charge is 0.407 e. The third kappa shape index (κ3) is 15.7. The number of hydrogen-bond acceptors (Lipinski definition) is 9. The number of rotatable bonds is 20. The lowest BCUT2D eigenvalue weighted by Crippen LogP contribution is -2.59. The zero-order valence-electron chi connectivity index (χ0n) is 37.2. The zero-order chi connectivity index (χ0) is 45.4. The van der Waals surface area contributed by atoms with E-state index in [1.54, 1.807) is 32.9 Å². The van der Waals surface area contributed by atoms with Crippen molar-refractivity contribution in [2.75, 3.05) is 26.2 Å². The van der Waals surface area contributed by atoms with Crippen molar-refractivity contribution >= 4 is 41.5 Å². The second-order valence-electron chi connectivity index (χ2n) is 17.7. The van der Waals surface area contributed by atoms with Crippen molar-refractivity contribution in [2.45, 2.75) is 142 Å². The number of carbonyl (C=O) groups is 7. The zero-order valence-corrected chi connectivity index (χ0v) is 37.2. The summed E-state index contributed by atoms with van der Waals surface area (Å²) in [6.45, 7) is 11.6. The number of likely N-dealkylation sites (tertiary alicyclic amines) is 2. The number of nitrogens with zero attached hydrogens (tertiary/aromatic N) is 2. The summed E-state index contributed by atoms with van der Waals surface area (Å²) < 4.78 is 5.34. The summed E-state index contributed by atoms with van der Waals surface area (Å²) in [6.07, 6.45) is 3.65. The fourth-order valence-corrected chi connectivity index (χ4v) is 7.90. The molecule has 16 heteroatoms. The molecular formula is C46H67N7O9. The highest BCUT2D eigenvalue weighted by Crippen LogP contribution is 2.24. The van der Waals surface area contributed by atoms with Gasteiger partial charge in [-0.25, -0.2) is 4.79 Å². The first kappa shape index (κ1) is 49.0. The minimum atomic E-state index is -1.06. The number of benzene rings is 2. The predicted octanol–water partition coefficient (Wildman–Crippen LogP) is 3.49. The Hall–Kier alpha value is -5.67. The normalized spacial score (nSPS) is 17.7. The Morgan fingerprint density at radius 2 is 1.32 bits per heavy atom. The Morgan fingerprint density at radius 1 is 0.726 bits per heavy atom. The van der Waals surface area contributed by atoms with E-state index in [4.69, 9.17) is 4.74 Å². The molecule has 0 aromatic heterocycles. The fourth-order valence-electron chi connectivity index (χ4n) is 7.90. The van der Waals surface area contributed by atoms with E-state index in [1.807, 2.05) is 44.2 Å². The second kappa shape index (κ2) is 23.5. The van der Waals surface area contributed by atoms with Crippen LogP contribution in [0.3, 0.4) is 0 Å². The minimum absolute atomic E-state index is 0.0267. The third-order valence-corrected chi connectivity index (χ3v) is 10.8. The number of aromatic hydroxyl groups is 1. The lowest BCUT2D eigenvalue weighted by atomic mass is 10.00. The summed E-state index contributed by atoms with van der Waals surface area (Å²) in [5.74, 6) is -2.64. The average Bonchev–Trinajstić information content (AvgIpc) is 3.91. The van der Waals surface area contributed by atoms with E-state index in [-0.39, 0.29) is 49.9 Å². The number of ether oxygens (including phenoxy) is 1. The van der Waals surface area contributed by atoms with Gasteiger partial charge in [0.1, 0.15) is 41.6 Å². The molecule has 2 fully saturated rings. The van der Waals surface area contributed by atoms with E-state index in [0.29, 0.717) is 50.8 Å². The van der Waals surface area contributed by atoms with Gasteiger partial charge in [-0.05, 0) is 108 Å². The minimum Gasteiger partial charge on any atom is -0.508 e. The van der Waals surface area contributed by atoms with Gasteiger partial charge in [-0.1, -0.05) is 56.3 Å². The van der Waals surface area contributed by atoms with Crippen LogP contribution in [0.2, 0.25) is 0 Å². The number of carbonyl (C=O) groups excluding carboxylic acids is 7. The third-order valence-electron chi connectivity index (χ3n) is 10.8. The van der Waals surface area contributed by atoms with Gasteiger partial charge in [0.15, 0.2) is 0 Å². The Labute approximate surface area is 365 Å². The van der Waals surface area contributed by atoms with Crippen LogP contribution in [0, 0.1) is 5.92 Å². The van der Waals surface area contributed by atoms with Crippen molar-refractivity contribution < 1.29 is 43.4 Å². The van der Waals surface area contributed by atoms with Gasteiger partial charge in [0, 0.05) is 39.5 Å². The summed E-state index contributed by atoms with van der Waals surface area (Å²) in [5.41, 5.74) is 1.15. The van der Waals surface area contributed by atoms with Gasteiger partial charge in [0.25, 0.3) is 0 Å². The van der Waals surface area contributed by atoms with E-state index >= 15 is 0 Å². The molecule has 62 heavy (non-hydrogen) atoms. The van der Waals surface area contributed by atoms with Gasteiger partial charge in [-0.2, -0.15) is 0 Å². The topological polar surface area (TPSA) is 216 Å². The van der Waals surface area contributed by atoms with Crippen LogP contribution < -0.4 is 26.6 Å². The first-order valence-corrected chi connectivity index (χ1v) is 22.0. The van der Waals surface area contributed by atoms with Gasteiger partial charge in [0.2, 0.25) is 35.4 Å². The van der Waals surface area contributed by atoms with E-state index in [2.05, 4.69) is 26.6 Å². The molecule has 2 aromatic rings. The van der Waals surface area contributed by atoms with Gasteiger partial charge in [-0.3, -0.25) is 28.8 Å². The molecule has 2 aliphatic heterocycles. The van der Waals surface area contributed by atoms with Crippen molar-refractivity contribution in [2.24, 2.45) is 5.92 Å². The summed E-state index contributed by atoms with van der Waals surface area (Å²) in [4.78, 5) is 97.5. The molecular weight excluding hydrogens is 795 g/mol. The van der Waals surface area contributed by atoms with Crippen molar-refractivity contribution in [3.05, 3.63) is 65.7 Å². The molecule has 2 saturated heterocycles. The number of alkyl carbamates (subject to hydrolysis) is 1. The van der Waals surface area contributed by atoms with Gasteiger partial charge >= 0.3 is 6.09 Å². The van der Waals surface area contributed by atoms with Crippen molar-refractivity contribution in [3.63, 3.8) is 0 Å². The SMILES string of the molecule is CC(=O)N[C@@H](Cc1ccc(O)cc1)C(=O)N[C@@H](CC(C)C)C(=O)N1CCC[C@H]1C(=O)N[C@@H](CCCNC(=O)OC(C)(C)C)C(=O)N1CCC[C@H]1C(=O)NCCCc1ccccc1. The molecule has 0 aliphatic carbocycles. The molecule has 2 aromatic carbocycles. The van der Waals surface area contributed by atoms with Crippen LogP contribution in [0.5, 0.6) is 5.75 Å². The molecule has 7 amide bonds. The summed E-state index contributed by atoms with van der Waals surface area (Å²) in [7, 11) is 0. The molecule has 0 unspecified atom stereocenters. The molecule has 4 rings (SSSR count). The van der Waals surface area contributed by atoms with E-state index < -0.39 is 71.4 Å². The molecule has 2 heterocycles. The highest BCUT2D eigenvalue weighted by Gasteiger charge is 2.42. The van der Waals surface area contributed by atoms with Crippen LogP contribution >= 0.6 is 0 Å². The van der Waals surface area contributed by atoms with Crippen LogP contribution in [-0.4, -0.2) is 118 Å². The fraction of sp³-hybridized carbons (Fsp3) is 0.587. The second-order valence-corrected chi connectivity index (χ2v) is 17.7. The standard InChI is InChI=1S/C46H67N7O9/c1-30(2)28-37(51-40(56)36(49-31(3)54)29-33-20-22-34(55)23-21-33)44(60)53-27-13-19-39(53)42(58)50-35(17-11-25-48-45(61)62-46(4,5)6)43(59)52-26-12-18-38(52)41(57)47-24-10-16-32-14-8-7-9-15-32/h7-9,14-15,20-23,30,35-39,55H,10-13,16-19,24-29H2,1-6H3,(H,47,57)(H,48,61)(H,49,54)(H,50,58)(H,51,56)/t35-,36-,37-,38-,39-/m0/s1. The number of amides is 7.